The van der Waals surface area contributed by atoms with Gasteiger partial charge >= 0.3 is 6.18 Å². The zero-order chi connectivity index (χ0) is 30.5. The number of halogens is 7. The molecule has 0 bridgehead atoms. The molecule has 4 heterocycles. The van der Waals surface area contributed by atoms with E-state index in [-0.39, 0.29) is 34.2 Å². The fraction of sp³-hybridized carbons (Fsp3) is 0.360. The molecule has 42 heavy (non-hydrogen) atoms. The summed E-state index contributed by atoms with van der Waals surface area (Å²) < 4.78 is 77.9. The molecule has 0 amide bonds. The minimum atomic E-state index is -4.92. The predicted octanol–water partition coefficient (Wildman–Crippen LogP) is 4.09. The van der Waals surface area contributed by atoms with E-state index in [0.717, 1.165) is 33.9 Å². The fourth-order valence-corrected chi connectivity index (χ4v) is 5.00. The Kier molecular flexibility index (Phi) is 8.26. The van der Waals surface area contributed by atoms with E-state index in [2.05, 4.69) is 20.2 Å². The minimum absolute atomic E-state index is 0.0577. The van der Waals surface area contributed by atoms with E-state index >= 15 is 0 Å². The van der Waals surface area contributed by atoms with Gasteiger partial charge in [0.1, 0.15) is 30.5 Å². The van der Waals surface area contributed by atoms with Crippen LogP contribution in [0.1, 0.15) is 36.4 Å². The summed E-state index contributed by atoms with van der Waals surface area (Å²) in [6.07, 6.45) is -7.88. The van der Waals surface area contributed by atoms with Crippen molar-refractivity contribution < 1.29 is 42.0 Å². The van der Waals surface area contributed by atoms with Crippen molar-refractivity contribution in [1.29, 1.82) is 0 Å². The number of aryl methyl sites for hydroxylation is 1. The van der Waals surface area contributed by atoms with Crippen LogP contribution in [0.15, 0.2) is 36.8 Å². The first-order valence-corrected chi connectivity index (χ1v) is 13.1. The van der Waals surface area contributed by atoms with Crippen molar-refractivity contribution in [2.45, 2.75) is 50.0 Å². The van der Waals surface area contributed by atoms with E-state index in [0.29, 0.717) is 0 Å². The number of aromatic nitrogens is 6. The van der Waals surface area contributed by atoms with Crippen LogP contribution in [-0.4, -0.2) is 69.8 Å². The second-order valence-corrected chi connectivity index (χ2v) is 10.2. The number of rotatable bonds is 6. The average Bonchev–Trinajstić information content (AvgIpc) is 3.59. The third-order valence-corrected chi connectivity index (χ3v) is 7.22. The second kappa shape index (κ2) is 11.5. The van der Waals surface area contributed by atoms with Crippen LogP contribution in [0.5, 0.6) is 0 Å². The molecule has 224 valence electrons. The van der Waals surface area contributed by atoms with Crippen LogP contribution in [0.4, 0.5) is 22.0 Å². The van der Waals surface area contributed by atoms with Gasteiger partial charge in [0.15, 0.2) is 29.0 Å². The molecule has 3 N–H and O–H groups in total. The van der Waals surface area contributed by atoms with E-state index in [4.69, 9.17) is 27.9 Å². The molecule has 0 unspecified atom stereocenters. The average molecular weight is 635 g/mol. The van der Waals surface area contributed by atoms with E-state index < -0.39 is 71.3 Å². The highest BCUT2D eigenvalue weighted by Crippen LogP contribution is 2.41. The van der Waals surface area contributed by atoms with E-state index in [9.17, 15) is 37.3 Å². The number of aliphatic hydroxyl groups excluding tert-OH is 3. The number of pyridine rings is 1. The van der Waals surface area contributed by atoms with Gasteiger partial charge < -0.3 is 20.1 Å². The first-order chi connectivity index (χ1) is 19.8. The Labute approximate surface area is 243 Å². The maximum absolute atomic E-state index is 14.6. The topological polar surface area (TPSA) is 131 Å². The highest BCUT2D eigenvalue weighted by atomic mass is 35.5. The molecule has 3 aromatic heterocycles. The van der Waals surface area contributed by atoms with Crippen LogP contribution in [0, 0.1) is 11.6 Å². The second-order valence-electron chi connectivity index (χ2n) is 9.35. The predicted molar refractivity (Wildman–Crippen MR) is 137 cm³/mol. The van der Waals surface area contributed by atoms with Crippen LogP contribution in [0.2, 0.25) is 10.0 Å². The molecule has 1 aliphatic rings. The normalized spacial score (nSPS) is 23.0. The van der Waals surface area contributed by atoms with E-state index in [1.165, 1.54) is 12.3 Å². The van der Waals surface area contributed by atoms with Gasteiger partial charge in [-0.15, -0.1) is 0 Å². The standard InChI is InChI=1S/C25H21Cl2F5N6O4/c1-2-16-35-24(38(36-16)14-5-11(26)7-33-23(14)25(30,31)32)22-21(41)19(20(40)15(9-39)42-22)37-8-10(6-34-37)12-3-4-13(27)18(29)17(12)28/h3-8,15,19-22,39-41H,2,9H2,1H3/t15-,19+,20+,21-,22-/m1/s1. The summed E-state index contributed by atoms with van der Waals surface area (Å²) in [6.45, 7) is 0.878. The molecule has 0 spiro atoms. The van der Waals surface area contributed by atoms with Crippen molar-refractivity contribution in [3.05, 3.63) is 75.8 Å². The van der Waals surface area contributed by atoms with E-state index in [1.807, 2.05) is 0 Å². The Hall–Kier alpha value is -3.21. The van der Waals surface area contributed by atoms with Gasteiger partial charge in [0.25, 0.3) is 0 Å². The molecule has 1 aliphatic heterocycles. The molecule has 1 aromatic carbocycles. The van der Waals surface area contributed by atoms with Crippen molar-refractivity contribution in [2.24, 2.45) is 0 Å². The molecular formula is C25H21Cl2F5N6O4. The molecule has 5 rings (SSSR count). The molecule has 0 saturated carbocycles. The molecule has 0 radical (unpaired) electrons. The zero-order valence-corrected chi connectivity index (χ0v) is 22.9. The van der Waals surface area contributed by atoms with Gasteiger partial charge in [-0.1, -0.05) is 30.1 Å². The Bertz CT molecular complexity index is 1620. The first-order valence-electron chi connectivity index (χ1n) is 12.3. The summed E-state index contributed by atoms with van der Waals surface area (Å²) >= 11 is 11.6. The lowest BCUT2D eigenvalue weighted by Gasteiger charge is -2.41. The molecular weight excluding hydrogens is 614 g/mol. The van der Waals surface area contributed by atoms with Gasteiger partial charge in [-0.3, -0.25) is 4.68 Å². The third kappa shape index (κ3) is 5.36. The van der Waals surface area contributed by atoms with Crippen LogP contribution < -0.4 is 0 Å². The van der Waals surface area contributed by atoms with Gasteiger partial charge in [-0.05, 0) is 18.2 Å². The number of alkyl halides is 3. The summed E-state index contributed by atoms with van der Waals surface area (Å²) in [5, 5.41) is 40.0. The van der Waals surface area contributed by atoms with Crippen LogP contribution in [0.25, 0.3) is 16.8 Å². The summed E-state index contributed by atoms with van der Waals surface area (Å²) in [5.74, 6) is -2.76. The Balaban J connectivity index is 1.60. The zero-order valence-electron chi connectivity index (χ0n) is 21.3. The molecule has 0 aliphatic carbocycles. The number of nitrogens with zero attached hydrogens (tertiary/aromatic N) is 6. The van der Waals surface area contributed by atoms with Gasteiger partial charge in [-0.25, -0.2) is 23.4 Å². The van der Waals surface area contributed by atoms with Gasteiger partial charge in [-0.2, -0.15) is 23.4 Å². The molecule has 1 fully saturated rings. The molecule has 4 aromatic rings. The summed E-state index contributed by atoms with van der Waals surface area (Å²) in [4.78, 5) is 7.68. The van der Waals surface area contributed by atoms with Crippen LogP contribution in [-0.2, 0) is 17.3 Å². The van der Waals surface area contributed by atoms with Crippen molar-refractivity contribution in [1.82, 2.24) is 29.5 Å². The van der Waals surface area contributed by atoms with Gasteiger partial charge in [0.2, 0.25) is 0 Å². The van der Waals surface area contributed by atoms with Crippen molar-refractivity contribution in [3.8, 4) is 16.8 Å². The van der Waals surface area contributed by atoms with Crippen molar-refractivity contribution in [3.63, 3.8) is 0 Å². The monoisotopic (exact) mass is 634 g/mol. The number of hydrogen-bond donors (Lipinski definition) is 3. The third-order valence-electron chi connectivity index (χ3n) is 6.72. The highest BCUT2D eigenvalue weighted by Gasteiger charge is 2.49. The minimum Gasteiger partial charge on any atom is -0.394 e. The summed E-state index contributed by atoms with van der Waals surface area (Å²) in [5.41, 5.74) is -2.09. The lowest BCUT2D eigenvalue weighted by molar-refractivity contribution is -0.210. The quantitative estimate of drug-likeness (QED) is 0.214. The number of benzene rings is 1. The summed E-state index contributed by atoms with van der Waals surface area (Å²) in [6, 6.07) is 1.93. The van der Waals surface area contributed by atoms with E-state index in [1.54, 1.807) is 6.92 Å². The lowest BCUT2D eigenvalue weighted by Crippen LogP contribution is -2.53. The Morgan fingerprint density at radius 3 is 2.48 bits per heavy atom. The van der Waals surface area contributed by atoms with Gasteiger partial charge in [0, 0.05) is 29.9 Å². The largest absolute Gasteiger partial charge is 0.435 e. The molecule has 10 nitrogen and oxygen atoms in total. The maximum Gasteiger partial charge on any atom is 0.435 e. The highest BCUT2D eigenvalue weighted by molar-refractivity contribution is 6.31. The number of ether oxygens (including phenoxy) is 1. The summed E-state index contributed by atoms with van der Waals surface area (Å²) in [7, 11) is 0. The number of hydrogen-bond acceptors (Lipinski definition) is 8. The SMILES string of the molecule is CCc1nc([C@@H]2O[C@H](CO)[C@H](O)[C@H](n3cc(-c4ccc(Cl)c(F)c4F)cn3)[C@H]2O)n(-c2cc(Cl)cnc2C(F)(F)F)n1. The molecule has 17 heteroatoms. The Morgan fingerprint density at radius 2 is 1.81 bits per heavy atom. The lowest BCUT2D eigenvalue weighted by atomic mass is 9.92. The number of aliphatic hydroxyl groups is 3. The Morgan fingerprint density at radius 1 is 1.07 bits per heavy atom. The first kappa shape index (κ1) is 30.3. The maximum atomic E-state index is 14.6. The van der Waals surface area contributed by atoms with Gasteiger partial charge in [0.05, 0.1) is 28.5 Å². The molecule has 5 atom stereocenters. The van der Waals surface area contributed by atoms with Crippen molar-refractivity contribution >= 4 is 23.2 Å². The molecule has 1 saturated heterocycles. The van der Waals surface area contributed by atoms with Crippen LogP contribution in [0.3, 0.4) is 0 Å². The fourth-order valence-electron chi connectivity index (χ4n) is 4.71. The van der Waals surface area contributed by atoms with Crippen molar-refractivity contribution in [2.75, 3.05) is 6.61 Å². The smallest absolute Gasteiger partial charge is 0.394 e. The van der Waals surface area contributed by atoms with Crippen LogP contribution >= 0.6 is 23.2 Å².